The first kappa shape index (κ1) is 6.81. The molecule has 2 bridgehead atoms. The number of hydrogen-bond donors (Lipinski definition) is 0. The van der Waals surface area contributed by atoms with E-state index in [-0.39, 0.29) is 11.8 Å². The molecule has 3 aliphatic carbocycles. The summed E-state index contributed by atoms with van der Waals surface area (Å²) in [5, 5.41) is 0. The molecule has 12 heavy (non-hydrogen) atoms. The second kappa shape index (κ2) is 1.81. The average molecular weight is 168 g/mol. The van der Waals surface area contributed by atoms with Crippen molar-refractivity contribution in [3.63, 3.8) is 0 Å². The molecule has 0 aromatic carbocycles. The van der Waals surface area contributed by atoms with Gasteiger partial charge in [0.1, 0.15) is 0 Å². The topological polar surface area (TPSA) is 0 Å². The summed E-state index contributed by atoms with van der Waals surface area (Å²) >= 11 is 0. The lowest BCUT2D eigenvalue weighted by Gasteiger charge is -2.17. The quantitative estimate of drug-likeness (QED) is 0.488. The van der Waals surface area contributed by atoms with Gasteiger partial charge in [-0.1, -0.05) is 24.3 Å². The van der Waals surface area contributed by atoms with Crippen LogP contribution in [0.25, 0.3) is 0 Å². The van der Waals surface area contributed by atoms with Crippen LogP contribution in [-0.4, -0.2) is 5.92 Å². The van der Waals surface area contributed by atoms with Gasteiger partial charge in [0.25, 0.3) is 5.92 Å². The van der Waals surface area contributed by atoms with Crippen molar-refractivity contribution in [2.45, 2.75) is 12.3 Å². The Kier molecular flexibility index (Phi) is 1.03. The lowest BCUT2D eigenvalue weighted by Crippen LogP contribution is -2.24. The third-order valence-corrected chi connectivity index (χ3v) is 3.55. The van der Waals surface area contributed by atoms with Crippen LogP contribution in [-0.2, 0) is 0 Å². The third kappa shape index (κ3) is 0.551. The maximum atomic E-state index is 13.4. The summed E-state index contributed by atoms with van der Waals surface area (Å²) in [5.74, 6) is -3.07. The smallest absolute Gasteiger partial charge is 0.206 e. The van der Waals surface area contributed by atoms with E-state index in [1.807, 2.05) is 6.08 Å². The number of hydrogen-bond acceptors (Lipinski definition) is 0. The first-order valence-electron chi connectivity index (χ1n) is 4.44. The SMILES string of the molecule is FC1(F)[C@@H]2C=C[C@H]1[C@H]1CC=C[C@H]12. The Bertz CT molecular complexity index is 278. The van der Waals surface area contributed by atoms with Crippen LogP contribution >= 0.6 is 0 Å². The molecule has 0 heterocycles. The minimum absolute atomic E-state index is 0.134. The van der Waals surface area contributed by atoms with Crippen molar-refractivity contribution in [2.24, 2.45) is 23.7 Å². The van der Waals surface area contributed by atoms with Crippen LogP contribution in [0.1, 0.15) is 6.42 Å². The highest BCUT2D eigenvalue weighted by molar-refractivity contribution is 5.28. The van der Waals surface area contributed by atoms with Crippen molar-refractivity contribution in [1.82, 2.24) is 0 Å². The van der Waals surface area contributed by atoms with E-state index in [0.717, 1.165) is 6.42 Å². The molecule has 4 atom stereocenters. The van der Waals surface area contributed by atoms with E-state index in [1.165, 1.54) is 0 Å². The van der Waals surface area contributed by atoms with Crippen LogP contribution in [0.5, 0.6) is 0 Å². The number of halogens is 2. The largest absolute Gasteiger partial charge is 0.261 e. The second-order valence-corrected chi connectivity index (χ2v) is 4.02. The monoisotopic (exact) mass is 168 g/mol. The predicted molar refractivity (Wildman–Crippen MR) is 41.8 cm³/mol. The zero-order valence-corrected chi connectivity index (χ0v) is 6.58. The molecule has 1 saturated carbocycles. The van der Waals surface area contributed by atoms with Gasteiger partial charge in [-0.25, -0.2) is 8.78 Å². The lowest BCUT2D eigenvalue weighted by molar-refractivity contribution is -0.0439. The van der Waals surface area contributed by atoms with Crippen LogP contribution in [0, 0.1) is 23.7 Å². The van der Waals surface area contributed by atoms with Gasteiger partial charge in [0, 0.05) is 11.8 Å². The van der Waals surface area contributed by atoms with E-state index >= 15 is 0 Å². The first-order valence-corrected chi connectivity index (χ1v) is 4.44. The number of fused-ring (bicyclic) bond motifs is 5. The summed E-state index contributed by atoms with van der Waals surface area (Å²) in [6, 6.07) is 0. The van der Waals surface area contributed by atoms with Gasteiger partial charge >= 0.3 is 0 Å². The maximum absolute atomic E-state index is 13.4. The van der Waals surface area contributed by atoms with E-state index < -0.39 is 17.8 Å². The average Bonchev–Trinajstić information content (AvgIpc) is 2.60. The molecule has 2 heteroatoms. The van der Waals surface area contributed by atoms with Crippen molar-refractivity contribution >= 4 is 0 Å². The van der Waals surface area contributed by atoms with Crippen molar-refractivity contribution in [1.29, 1.82) is 0 Å². The molecule has 0 saturated heterocycles. The Morgan fingerprint density at radius 2 is 1.83 bits per heavy atom. The normalized spacial score (nSPS) is 51.8. The highest BCUT2D eigenvalue weighted by Gasteiger charge is 2.63. The second-order valence-electron chi connectivity index (χ2n) is 4.02. The Hall–Kier alpha value is -0.660. The van der Waals surface area contributed by atoms with E-state index in [2.05, 4.69) is 6.08 Å². The van der Waals surface area contributed by atoms with Crippen LogP contribution < -0.4 is 0 Å². The molecule has 0 aromatic heterocycles. The Morgan fingerprint density at radius 3 is 2.58 bits per heavy atom. The highest BCUT2D eigenvalue weighted by Crippen LogP contribution is 2.60. The molecule has 0 N–H and O–H groups in total. The predicted octanol–water partition coefficient (Wildman–Crippen LogP) is 2.63. The Labute approximate surface area is 70.0 Å². The fraction of sp³-hybridized carbons (Fsp3) is 0.600. The molecular formula is C10H10F2. The molecule has 0 spiro atoms. The molecule has 0 amide bonds. The molecular weight excluding hydrogens is 158 g/mol. The van der Waals surface area contributed by atoms with Gasteiger partial charge in [-0.05, 0) is 18.3 Å². The molecule has 64 valence electrons. The fourth-order valence-electron chi connectivity index (χ4n) is 3.00. The lowest BCUT2D eigenvalue weighted by atomic mass is 9.86. The van der Waals surface area contributed by atoms with Gasteiger partial charge in [0.2, 0.25) is 0 Å². The van der Waals surface area contributed by atoms with Gasteiger partial charge in [-0.2, -0.15) is 0 Å². The Balaban J connectivity index is 2.08. The minimum atomic E-state index is -2.44. The van der Waals surface area contributed by atoms with Gasteiger partial charge < -0.3 is 0 Å². The highest BCUT2D eigenvalue weighted by atomic mass is 19.3. The summed E-state index contributed by atoms with van der Waals surface area (Å²) < 4.78 is 26.8. The number of rotatable bonds is 0. The van der Waals surface area contributed by atoms with Crippen LogP contribution in [0.2, 0.25) is 0 Å². The van der Waals surface area contributed by atoms with Crippen molar-refractivity contribution in [3.8, 4) is 0 Å². The number of allylic oxidation sites excluding steroid dienone is 4. The van der Waals surface area contributed by atoms with Gasteiger partial charge in [0.15, 0.2) is 0 Å². The van der Waals surface area contributed by atoms with Crippen LogP contribution in [0.3, 0.4) is 0 Å². The van der Waals surface area contributed by atoms with Crippen LogP contribution in [0.4, 0.5) is 8.78 Å². The molecule has 0 nitrogen and oxygen atoms in total. The van der Waals surface area contributed by atoms with Crippen molar-refractivity contribution < 1.29 is 8.78 Å². The molecule has 0 aliphatic heterocycles. The van der Waals surface area contributed by atoms with Crippen LogP contribution in [0.15, 0.2) is 24.3 Å². The van der Waals surface area contributed by atoms with E-state index in [0.29, 0.717) is 0 Å². The molecule has 3 aliphatic rings. The summed E-state index contributed by atoms with van der Waals surface area (Å²) in [4.78, 5) is 0. The fourth-order valence-corrected chi connectivity index (χ4v) is 3.00. The van der Waals surface area contributed by atoms with E-state index in [1.54, 1.807) is 12.2 Å². The summed E-state index contributed by atoms with van der Waals surface area (Å²) in [5.41, 5.74) is 0. The maximum Gasteiger partial charge on any atom is 0.261 e. The molecule has 1 fully saturated rings. The van der Waals surface area contributed by atoms with E-state index in [4.69, 9.17) is 0 Å². The summed E-state index contributed by atoms with van der Waals surface area (Å²) in [6.07, 6.45) is 8.32. The number of alkyl halides is 2. The summed E-state index contributed by atoms with van der Waals surface area (Å²) in [6.45, 7) is 0. The van der Waals surface area contributed by atoms with E-state index in [9.17, 15) is 8.78 Å². The zero-order chi connectivity index (χ0) is 8.34. The molecule has 3 rings (SSSR count). The van der Waals surface area contributed by atoms with Crippen molar-refractivity contribution in [2.75, 3.05) is 0 Å². The third-order valence-electron chi connectivity index (χ3n) is 3.55. The Morgan fingerprint density at radius 1 is 1.08 bits per heavy atom. The minimum Gasteiger partial charge on any atom is -0.206 e. The standard InChI is InChI=1S/C10H10F2/c11-10(12)8-4-5-9(10)7-3-1-2-6(7)8/h1-2,4-9H,3H2/t6-,7+,8-,9+/m1/s1. The summed E-state index contributed by atoms with van der Waals surface area (Å²) in [7, 11) is 0. The first-order chi connectivity index (χ1) is 5.71. The van der Waals surface area contributed by atoms with Gasteiger partial charge in [-0.3, -0.25) is 0 Å². The van der Waals surface area contributed by atoms with Gasteiger partial charge in [-0.15, -0.1) is 0 Å². The molecule has 0 radical (unpaired) electrons. The van der Waals surface area contributed by atoms with Crippen molar-refractivity contribution in [3.05, 3.63) is 24.3 Å². The molecule has 0 unspecified atom stereocenters. The van der Waals surface area contributed by atoms with Gasteiger partial charge in [0.05, 0.1) is 0 Å². The molecule has 0 aromatic rings. The zero-order valence-electron chi connectivity index (χ0n) is 6.58.